The summed E-state index contributed by atoms with van der Waals surface area (Å²) in [4.78, 5) is 15.2. The topological polar surface area (TPSA) is 43.6 Å². The van der Waals surface area contributed by atoms with Crippen molar-refractivity contribution in [1.82, 2.24) is 19.5 Å². The average molecular weight is 703 g/mol. The third kappa shape index (κ3) is 6.16. The smallest absolute Gasteiger partial charge is 0.164 e. The Morgan fingerprint density at radius 3 is 1.35 bits per heavy atom. The first-order valence-electron chi connectivity index (χ1n) is 18.5. The summed E-state index contributed by atoms with van der Waals surface area (Å²) in [7, 11) is 0. The van der Waals surface area contributed by atoms with E-state index in [0.717, 1.165) is 44.5 Å². The molecule has 0 aliphatic rings. The standard InChI is InChI=1S/C51H34N4/c1-4-14-35(15-5-1)37-26-28-39(29-27-37)50-52-49(38-18-8-3-9-19-38)53-51(54-50)43-30-31-46-45-24-10-11-25-47(45)55(48(46)34-43)44-23-13-22-42(33-44)41-21-12-20-40(32-41)36-16-6-2-7-17-36/h1-34H. The Morgan fingerprint density at radius 1 is 0.255 bits per heavy atom. The number of para-hydroxylation sites is 1. The van der Waals surface area contributed by atoms with Gasteiger partial charge in [0.2, 0.25) is 0 Å². The number of aromatic nitrogens is 4. The molecular weight excluding hydrogens is 669 g/mol. The summed E-state index contributed by atoms with van der Waals surface area (Å²) in [5.41, 5.74) is 13.2. The maximum absolute atomic E-state index is 5.12. The molecule has 10 aromatic rings. The van der Waals surface area contributed by atoms with Crippen LogP contribution in [0.3, 0.4) is 0 Å². The Morgan fingerprint density at radius 2 is 0.673 bits per heavy atom. The quantitative estimate of drug-likeness (QED) is 0.166. The Labute approximate surface area is 319 Å². The minimum absolute atomic E-state index is 0.626. The predicted molar refractivity (Wildman–Crippen MR) is 227 cm³/mol. The molecule has 4 heteroatoms. The molecular formula is C51H34N4. The summed E-state index contributed by atoms with van der Waals surface area (Å²) in [5, 5.41) is 2.37. The monoisotopic (exact) mass is 702 g/mol. The molecule has 55 heavy (non-hydrogen) atoms. The largest absolute Gasteiger partial charge is 0.309 e. The van der Waals surface area contributed by atoms with Gasteiger partial charge in [-0.3, -0.25) is 0 Å². The van der Waals surface area contributed by atoms with Crippen molar-refractivity contribution in [2.45, 2.75) is 0 Å². The van der Waals surface area contributed by atoms with Gasteiger partial charge in [-0.05, 0) is 63.7 Å². The van der Waals surface area contributed by atoms with Crippen LogP contribution in [0.15, 0.2) is 206 Å². The van der Waals surface area contributed by atoms with Crippen molar-refractivity contribution in [3.05, 3.63) is 206 Å². The molecule has 10 rings (SSSR count). The molecule has 0 radical (unpaired) electrons. The van der Waals surface area contributed by atoms with Crippen LogP contribution in [0.25, 0.3) is 95.0 Å². The van der Waals surface area contributed by atoms with Gasteiger partial charge in [0.15, 0.2) is 17.5 Å². The number of nitrogens with zero attached hydrogens (tertiary/aromatic N) is 4. The second kappa shape index (κ2) is 13.8. The molecule has 0 atom stereocenters. The minimum Gasteiger partial charge on any atom is -0.309 e. The van der Waals surface area contributed by atoms with Crippen LogP contribution in [0, 0.1) is 0 Å². The molecule has 0 fully saturated rings. The molecule has 0 saturated carbocycles. The van der Waals surface area contributed by atoms with E-state index < -0.39 is 0 Å². The van der Waals surface area contributed by atoms with E-state index in [1.807, 2.05) is 36.4 Å². The van der Waals surface area contributed by atoms with Crippen molar-refractivity contribution in [2.75, 3.05) is 0 Å². The highest BCUT2D eigenvalue weighted by molar-refractivity contribution is 6.10. The molecule has 0 amide bonds. The summed E-state index contributed by atoms with van der Waals surface area (Å²) in [5.74, 6) is 1.90. The zero-order valence-corrected chi connectivity index (χ0v) is 29.9. The van der Waals surface area contributed by atoms with Crippen LogP contribution in [-0.4, -0.2) is 19.5 Å². The van der Waals surface area contributed by atoms with E-state index in [9.17, 15) is 0 Å². The fraction of sp³-hybridized carbons (Fsp3) is 0. The van der Waals surface area contributed by atoms with Gasteiger partial charge < -0.3 is 4.57 Å². The van der Waals surface area contributed by atoms with Crippen LogP contribution in [0.5, 0.6) is 0 Å². The fourth-order valence-electron chi connectivity index (χ4n) is 7.51. The summed E-state index contributed by atoms with van der Waals surface area (Å²) in [6.45, 7) is 0. The van der Waals surface area contributed by atoms with E-state index in [1.165, 1.54) is 33.0 Å². The third-order valence-electron chi connectivity index (χ3n) is 10.3. The van der Waals surface area contributed by atoms with Gasteiger partial charge in [0, 0.05) is 33.2 Å². The Bertz CT molecular complexity index is 2950. The molecule has 0 saturated heterocycles. The first-order valence-corrected chi connectivity index (χ1v) is 18.5. The van der Waals surface area contributed by atoms with Crippen molar-refractivity contribution < 1.29 is 0 Å². The minimum atomic E-state index is 0.626. The lowest BCUT2D eigenvalue weighted by Crippen LogP contribution is -2.00. The summed E-state index contributed by atoms with van der Waals surface area (Å²) < 4.78 is 2.36. The zero-order chi connectivity index (χ0) is 36.6. The highest BCUT2D eigenvalue weighted by Gasteiger charge is 2.17. The van der Waals surface area contributed by atoms with Crippen LogP contribution in [0.4, 0.5) is 0 Å². The number of rotatable bonds is 7. The third-order valence-corrected chi connectivity index (χ3v) is 10.3. The van der Waals surface area contributed by atoms with Crippen LogP contribution in [-0.2, 0) is 0 Å². The number of hydrogen-bond acceptors (Lipinski definition) is 3. The predicted octanol–water partition coefficient (Wildman–Crippen LogP) is 13.0. The lowest BCUT2D eigenvalue weighted by molar-refractivity contribution is 1.07. The van der Waals surface area contributed by atoms with Gasteiger partial charge in [-0.1, -0.05) is 176 Å². The Balaban J connectivity index is 1.11. The second-order valence-electron chi connectivity index (χ2n) is 13.7. The molecule has 0 aliphatic carbocycles. The second-order valence-corrected chi connectivity index (χ2v) is 13.7. The van der Waals surface area contributed by atoms with Crippen molar-refractivity contribution in [3.63, 3.8) is 0 Å². The SMILES string of the molecule is c1ccc(-c2ccc(-c3nc(-c4ccccc4)nc(-c4ccc5c6ccccc6n(-c6cccc(-c7cccc(-c8ccccc8)c7)c6)c5c4)n3)cc2)cc1. The maximum Gasteiger partial charge on any atom is 0.164 e. The zero-order valence-electron chi connectivity index (χ0n) is 29.9. The van der Waals surface area contributed by atoms with Crippen LogP contribution >= 0.6 is 0 Å². The molecule has 0 unspecified atom stereocenters. The van der Waals surface area contributed by atoms with Crippen molar-refractivity contribution in [2.24, 2.45) is 0 Å². The van der Waals surface area contributed by atoms with Crippen molar-refractivity contribution in [1.29, 1.82) is 0 Å². The Kier molecular flexibility index (Phi) is 8.12. The van der Waals surface area contributed by atoms with Gasteiger partial charge in [-0.25, -0.2) is 15.0 Å². The molecule has 0 spiro atoms. The summed E-state index contributed by atoms with van der Waals surface area (Å²) in [6, 6.07) is 72.3. The van der Waals surface area contributed by atoms with Gasteiger partial charge in [0.05, 0.1) is 11.0 Å². The summed E-state index contributed by atoms with van der Waals surface area (Å²) >= 11 is 0. The fourth-order valence-corrected chi connectivity index (χ4v) is 7.51. The Hall–Kier alpha value is -7.43. The molecule has 4 nitrogen and oxygen atoms in total. The normalized spacial score (nSPS) is 11.3. The number of fused-ring (bicyclic) bond motifs is 3. The first-order chi connectivity index (χ1) is 27.2. The van der Waals surface area contributed by atoms with E-state index in [1.54, 1.807) is 0 Å². The molecule has 2 heterocycles. The first kappa shape index (κ1) is 32.2. The summed E-state index contributed by atoms with van der Waals surface area (Å²) in [6.07, 6.45) is 0. The molecule has 0 bridgehead atoms. The van der Waals surface area contributed by atoms with Gasteiger partial charge in [0.1, 0.15) is 0 Å². The lowest BCUT2D eigenvalue weighted by atomic mass is 9.99. The average Bonchev–Trinajstić information content (AvgIpc) is 3.61. The highest BCUT2D eigenvalue weighted by atomic mass is 15.0. The van der Waals surface area contributed by atoms with Crippen LogP contribution < -0.4 is 0 Å². The van der Waals surface area contributed by atoms with E-state index in [2.05, 4.69) is 174 Å². The van der Waals surface area contributed by atoms with Crippen molar-refractivity contribution in [3.8, 4) is 73.2 Å². The van der Waals surface area contributed by atoms with Crippen molar-refractivity contribution >= 4 is 21.8 Å². The van der Waals surface area contributed by atoms with E-state index in [4.69, 9.17) is 15.0 Å². The molecule has 258 valence electrons. The molecule has 2 aromatic heterocycles. The highest BCUT2D eigenvalue weighted by Crippen LogP contribution is 2.36. The van der Waals surface area contributed by atoms with E-state index >= 15 is 0 Å². The van der Waals surface area contributed by atoms with E-state index in [0.29, 0.717) is 17.5 Å². The van der Waals surface area contributed by atoms with Crippen LogP contribution in [0.1, 0.15) is 0 Å². The number of hydrogen-bond donors (Lipinski definition) is 0. The van der Waals surface area contributed by atoms with Crippen LogP contribution in [0.2, 0.25) is 0 Å². The molecule has 8 aromatic carbocycles. The molecule has 0 N–H and O–H groups in total. The maximum atomic E-state index is 5.12. The van der Waals surface area contributed by atoms with E-state index in [-0.39, 0.29) is 0 Å². The van der Waals surface area contributed by atoms with Gasteiger partial charge >= 0.3 is 0 Å². The molecule has 0 aliphatic heterocycles. The van der Waals surface area contributed by atoms with Gasteiger partial charge in [-0.2, -0.15) is 0 Å². The lowest BCUT2D eigenvalue weighted by Gasteiger charge is -2.12. The number of benzene rings is 8. The van der Waals surface area contributed by atoms with Gasteiger partial charge in [-0.15, -0.1) is 0 Å². The van der Waals surface area contributed by atoms with Gasteiger partial charge in [0.25, 0.3) is 0 Å².